The Morgan fingerprint density at radius 1 is 1.06 bits per heavy atom. The zero-order valence-electron chi connectivity index (χ0n) is 9.57. The van der Waals surface area contributed by atoms with Crippen LogP contribution in [0.15, 0.2) is 46.9 Å². The van der Waals surface area contributed by atoms with E-state index in [1.54, 1.807) is 0 Å². The van der Waals surface area contributed by atoms with Gasteiger partial charge >= 0.3 is 0 Å². The molecule has 94 valence electrons. The fourth-order valence-corrected chi connectivity index (χ4v) is 2.50. The molecule has 0 spiro atoms. The Hall–Kier alpha value is -0.590. The molecule has 1 N–H and O–H groups in total. The molecule has 0 bridgehead atoms. The minimum Gasteiger partial charge on any atom is -0.488 e. The van der Waals surface area contributed by atoms with Crippen LogP contribution in [0.25, 0.3) is 0 Å². The van der Waals surface area contributed by atoms with E-state index in [2.05, 4.69) is 38.5 Å². The summed E-state index contributed by atoms with van der Waals surface area (Å²) in [5.74, 6) is 0.843. The largest absolute Gasteiger partial charge is 0.488 e. The molecule has 2 aromatic rings. The van der Waals surface area contributed by atoms with Gasteiger partial charge < -0.3 is 9.84 Å². The van der Waals surface area contributed by atoms with Crippen molar-refractivity contribution in [2.75, 3.05) is 0 Å². The van der Waals surface area contributed by atoms with Gasteiger partial charge in [-0.15, -0.1) is 0 Å². The van der Waals surface area contributed by atoms with E-state index in [-0.39, 0.29) is 6.61 Å². The standard InChI is InChI=1S/C14H12BrIO2/c15-12-4-1-10(2-5-12)9-18-14-6-3-11(8-17)7-13(14)16/h1-7,17H,8-9H2. The van der Waals surface area contributed by atoms with Gasteiger partial charge in [-0.3, -0.25) is 0 Å². The van der Waals surface area contributed by atoms with Crippen LogP contribution in [0.4, 0.5) is 0 Å². The Kier molecular flexibility index (Phi) is 5.03. The van der Waals surface area contributed by atoms with Gasteiger partial charge in [-0.2, -0.15) is 0 Å². The molecule has 0 aliphatic rings. The molecule has 0 aliphatic carbocycles. The Labute approximate surface area is 128 Å². The van der Waals surface area contributed by atoms with Gasteiger partial charge in [0.05, 0.1) is 10.2 Å². The summed E-state index contributed by atoms with van der Waals surface area (Å²) in [6, 6.07) is 13.7. The zero-order valence-corrected chi connectivity index (χ0v) is 13.3. The molecule has 0 heterocycles. The highest BCUT2D eigenvalue weighted by atomic mass is 127. The van der Waals surface area contributed by atoms with Crippen molar-refractivity contribution in [1.29, 1.82) is 0 Å². The topological polar surface area (TPSA) is 29.5 Å². The van der Waals surface area contributed by atoms with E-state index in [0.29, 0.717) is 6.61 Å². The Balaban J connectivity index is 2.04. The molecule has 2 nitrogen and oxygen atoms in total. The smallest absolute Gasteiger partial charge is 0.133 e. The summed E-state index contributed by atoms with van der Waals surface area (Å²) >= 11 is 5.62. The van der Waals surface area contributed by atoms with Gasteiger partial charge in [-0.05, 0) is 58.0 Å². The number of benzene rings is 2. The second-order valence-electron chi connectivity index (χ2n) is 3.84. The molecule has 0 aromatic heterocycles. The van der Waals surface area contributed by atoms with Crippen molar-refractivity contribution in [3.8, 4) is 5.75 Å². The van der Waals surface area contributed by atoms with Crippen molar-refractivity contribution in [3.63, 3.8) is 0 Å². The summed E-state index contributed by atoms with van der Waals surface area (Å²) in [4.78, 5) is 0. The zero-order chi connectivity index (χ0) is 13.0. The summed E-state index contributed by atoms with van der Waals surface area (Å²) in [5.41, 5.74) is 2.02. The third kappa shape index (κ3) is 3.70. The molecule has 0 amide bonds. The molecule has 4 heteroatoms. The lowest BCUT2D eigenvalue weighted by Gasteiger charge is -2.09. The second-order valence-corrected chi connectivity index (χ2v) is 5.92. The van der Waals surface area contributed by atoms with Crippen molar-refractivity contribution in [2.45, 2.75) is 13.2 Å². The molecular weight excluding hydrogens is 407 g/mol. The Bertz CT molecular complexity index is 526. The number of ether oxygens (including phenoxy) is 1. The monoisotopic (exact) mass is 418 g/mol. The van der Waals surface area contributed by atoms with Crippen molar-refractivity contribution in [2.24, 2.45) is 0 Å². The van der Waals surface area contributed by atoms with Crippen LogP contribution in [0.3, 0.4) is 0 Å². The van der Waals surface area contributed by atoms with Crippen LogP contribution in [-0.2, 0) is 13.2 Å². The van der Waals surface area contributed by atoms with Crippen molar-refractivity contribution in [1.82, 2.24) is 0 Å². The lowest BCUT2D eigenvalue weighted by Crippen LogP contribution is -1.97. The van der Waals surface area contributed by atoms with E-state index in [1.807, 2.05) is 42.5 Å². The van der Waals surface area contributed by atoms with Crippen molar-refractivity contribution in [3.05, 3.63) is 61.6 Å². The molecule has 0 atom stereocenters. The predicted molar refractivity (Wildman–Crippen MR) is 83.6 cm³/mol. The van der Waals surface area contributed by atoms with E-state index in [1.165, 1.54) is 0 Å². The number of halogens is 2. The highest BCUT2D eigenvalue weighted by molar-refractivity contribution is 14.1. The number of hydrogen-bond donors (Lipinski definition) is 1. The SMILES string of the molecule is OCc1ccc(OCc2ccc(Br)cc2)c(I)c1. The normalized spacial score (nSPS) is 10.4. The van der Waals surface area contributed by atoms with Crippen LogP contribution in [-0.4, -0.2) is 5.11 Å². The van der Waals surface area contributed by atoms with Gasteiger partial charge in [-0.25, -0.2) is 0 Å². The Morgan fingerprint density at radius 2 is 1.72 bits per heavy atom. The maximum Gasteiger partial charge on any atom is 0.133 e. The summed E-state index contributed by atoms with van der Waals surface area (Å²) < 4.78 is 7.83. The van der Waals surface area contributed by atoms with Gasteiger partial charge in [0.15, 0.2) is 0 Å². The quantitative estimate of drug-likeness (QED) is 0.756. The lowest BCUT2D eigenvalue weighted by atomic mass is 10.2. The minimum atomic E-state index is 0.0585. The highest BCUT2D eigenvalue weighted by Gasteiger charge is 2.03. The molecule has 0 aliphatic heterocycles. The van der Waals surface area contributed by atoms with Crippen LogP contribution >= 0.6 is 38.5 Å². The summed E-state index contributed by atoms with van der Waals surface area (Å²) in [6.07, 6.45) is 0. The molecule has 0 unspecified atom stereocenters. The molecule has 2 rings (SSSR count). The van der Waals surface area contributed by atoms with Crippen LogP contribution in [0.2, 0.25) is 0 Å². The average Bonchev–Trinajstić information content (AvgIpc) is 2.39. The summed E-state index contributed by atoms with van der Waals surface area (Å²) in [6.45, 7) is 0.602. The van der Waals surface area contributed by atoms with Crippen LogP contribution in [0.5, 0.6) is 5.75 Å². The van der Waals surface area contributed by atoms with Gasteiger partial charge in [-0.1, -0.05) is 34.1 Å². The summed E-state index contributed by atoms with van der Waals surface area (Å²) in [7, 11) is 0. The first-order valence-electron chi connectivity index (χ1n) is 5.45. The Morgan fingerprint density at radius 3 is 2.33 bits per heavy atom. The number of rotatable bonds is 4. The third-order valence-corrected chi connectivity index (χ3v) is 3.86. The van der Waals surface area contributed by atoms with E-state index < -0.39 is 0 Å². The van der Waals surface area contributed by atoms with Crippen LogP contribution in [0, 0.1) is 3.57 Å². The van der Waals surface area contributed by atoms with Crippen LogP contribution < -0.4 is 4.74 Å². The second kappa shape index (κ2) is 6.54. The maximum atomic E-state index is 9.04. The van der Waals surface area contributed by atoms with E-state index >= 15 is 0 Å². The first-order chi connectivity index (χ1) is 8.69. The predicted octanol–water partition coefficient (Wildman–Crippen LogP) is 4.13. The fraction of sp³-hybridized carbons (Fsp3) is 0.143. The molecule has 0 radical (unpaired) electrons. The van der Waals surface area contributed by atoms with Gasteiger partial charge in [0, 0.05) is 4.47 Å². The number of aliphatic hydroxyl groups is 1. The summed E-state index contributed by atoms with van der Waals surface area (Å²) in [5, 5.41) is 9.04. The highest BCUT2D eigenvalue weighted by Crippen LogP contribution is 2.23. The molecule has 18 heavy (non-hydrogen) atoms. The molecule has 0 saturated heterocycles. The molecule has 0 saturated carbocycles. The van der Waals surface area contributed by atoms with E-state index in [9.17, 15) is 0 Å². The van der Waals surface area contributed by atoms with Crippen LogP contribution in [0.1, 0.15) is 11.1 Å². The maximum absolute atomic E-state index is 9.04. The van der Waals surface area contributed by atoms with Gasteiger partial charge in [0.2, 0.25) is 0 Å². The average molecular weight is 419 g/mol. The fourth-order valence-electron chi connectivity index (χ4n) is 1.50. The first-order valence-corrected chi connectivity index (χ1v) is 7.33. The van der Waals surface area contributed by atoms with Gasteiger partial charge in [0.1, 0.15) is 12.4 Å². The van der Waals surface area contributed by atoms with Crippen molar-refractivity contribution >= 4 is 38.5 Å². The third-order valence-electron chi connectivity index (χ3n) is 2.49. The lowest BCUT2D eigenvalue weighted by molar-refractivity contribution is 0.280. The molecule has 0 fully saturated rings. The van der Waals surface area contributed by atoms with E-state index in [4.69, 9.17) is 9.84 Å². The van der Waals surface area contributed by atoms with Crippen molar-refractivity contribution < 1.29 is 9.84 Å². The number of hydrogen-bond acceptors (Lipinski definition) is 2. The van der Waals surface area contributed by atoms with Gasteiger partial charge in [0.25, 0.3) is 0 Å². The molecular formula is C14H12BrIO2. The molecule has 2 aromatic carbocycles. The van der Waals surface area contributed by atoms with E-state index in [0.717, 1.165) is 24.9 Å². The number of aliphatic hydroxyl groups excluding tert-OH is 1. The minimum absolute atomic E-state index is 0.0585. The first kappa shape index (κ1) is 13.8.